The second-order valence-corrected chi connectivity index (χ2v) is 9.39. The molecular weight excluding hydrogens is 480 g/mol. The SMILES string of the molecule is Cc1ccc(CNC(=O)C(C(=O)c2cccnc2)C2CNCCN2c2cc(C)nc(-n3ccnc3)n2)cc1. The Morgan fingerprint density at radius 3 is 2.68 bits per heavy atom. The van der Waals surface area contributed by atoms with E-state index < -0.39 is 12.0 Å². The number of benzene rings is 1. The third-order valence-electron chi connectivity index (χ3n) is 6.62. The number of aromatic nitrogens is 5. The molecule has 2 unspecified atom stereocenters. The van der Waals surface area contributed by atoms with E-state index >= 15 is 0 Å². The van der Waals surface area contributed by atoms with Crippen LogP contribution in [0.4, 0.5) is 5.82 Å². The lowest BCUT2D eigenvalue weighted by Gasteiger charge is -2.40. The van der Waals surface area contributed by atoms with Crippen molar-refractivity contribution < 1.29 is 9.59 Å². The molecule has 1 amide bonds. The van der Waals surface area contributed by atoms with Crippen LogP contribution in [-0.2, 0) is 11.3 Å². The van der Waals surface area contributed by atoms with Crippen molar-refractivity contribution in [3.8, 4) is 5.95 Å². The minimum absolute atomic E-state index is 0.279. The van der Waals surface area contributed by atoms with Gasteiger partial charge in [-0.2, -0.15) is 4.98 Å². The summed E-state index contributed by atoms with van der Waals surface area (Å²) in [6, 6.07) is 12.8. The standard InChI is InChI=1S/C28H30N8O2/c1-19-5-7-21(8-6-19)15-32-27(38)25(26(37)22-4-3-9-29-16-22)23-17-30-11-13-36(23)24-14-20(2)33-28(34-24)35-12-10-31-18-35/h3-10,12,14,16,18,23,25,30H,11,13,15,17H2,1-2H3,(H,32,38). The molecule has 0 bridgehead atoms. The van der Waals surface area contributed by atoms with Crippen LogP contribution in [0.15, 0.2) is 73.6 Å². The lowest BCUT2D eigenvalue weighted by molar-refractivity contribution is -0.124. The number of aryl methyl sites for hydroxylation is 2. The van der Waals surface area contributed by atoms with Crippen LogP contribution in [0.1, 0.15) is 27.2 Å². The first-order valence-electron chi connectivity index (χ1n) is 12.6. The number of ketones is 1. The number of hydrogen-bond acceptors (Lipinski definition) is 8. The number of anilines is 1. The highest BCUT2D eigenvalue weighted by atomic mass is 16.2. The largest absolute Gasteiger partial charge is 0.351 e. The van der Waals surface area contributed by atoms with Crippen molar-refractivity contribution in [3.63, 3.8) is 0 Å². The second-order valence-electron chi connectivity index (χ2n) is 9.39. The fourth-order valence-corrected chi connectivity index (χ4v) is 4.65. The molecule has 1 saturated heterocycles. The molecule has 1 aliphatic rings. The van der Waals surface area contributed by atoms with Gasteiger partial charge in [0.25, 0.3) is 0 Å². The molecule has 0 aliphatic carbocycles. The maximum atomic E-state index is 13.8. The van der Waals surface area contributed by atoms with Crippen molar-refractivity contribution in [1.29, 1.82) is 0 Å². The Morgan fingerprint density at radius 1 is 1.11 bits per heavy atom. The van der Waals surface area contributed by atoms with E-state index in [1.165, 1.54) is 6.20 Å². The summed E-state index contributed by atoms with van der Waals surface area (Å²) in [6.07, 6.45) is 8.20. The number of amides is 1. The van der Waals surface area contributed by atoms with Crippen LogP contribution in [0.2, 0.25) is 0 Å². The molecule has 0 saturated carbocycles. The summed E-state index contributed by atoms with van der Waals surface area (Å²) in [6.45, 7) is 5.95. The average molecular weight is 511 g/mol. The zero-order valence-electron chi connectivity index (χ0n) is 21.4. The third kappa shape index (κ3) is 5.60. The van der Waals surface area contributed by atoms with Crippen molar-refractivity contribution in [1.82, 2.24) is 35.1 Å². The Labute approximate surface area is 221 Å². The van der Waals surface area contributed by atoms with Crippen molar-refractivity contribution in [2.24, 2.45) is 5.92 Å². The monoisotopic (exact) mass is 510 g/mol. The van der Waals surface area contributed by atoms with Crippen LogP contribution in [0.3, 0.4) is 0 Å². The summed E-state index contributed by atoms with van der Waals surface area (Å²) in [7, 11) is 0. The molecule has 10 heteroatoms. The van der Waals surface area contributed by atoms with Gasteiger partial charge in [-0.15, -0.1) is 0 Å². The topological polar surface area (TPSA) is 118 Å². The van der Waals surface area contributed by atoms with Crippen molar-refractivity contribution in [2.75, 3.05) is 24.5 Å². The van der Waals surface area contributed by atoms with Gasteiger partial charge in [-0.05, 0) is 31.5 Å². The van der Waals surface area contributed by atoms with Crippen LogP contribution < -0.4 is 15.5 Å². The maximum absolute atomic E-state index is 13.8. The number of nitrogens with one attached hydrogen (secondary N) is 2. The molecule has 10 nitrogen and oxygen atoms in total. The summed E-state index contributed by atoms with van der Waals surface area (Å²) in [5, 5.41) is 6.37. The highest BCUT2D eigenvalue weighted by Gasteiger charge is 2.40. The van der Waals surface area contributed by atoms with E-state index in [9.17, 15) is 9.59 Å². The van der Waals surface area contributed by atoms with Gasteiger partial charge in [-0.3, -0.25) is 19.1 Å². The fraction of sp³-hybridized carbons (Fsp3) is 0.286. The Balaban J connectivity index is 1.48. The molecule has 3 aromatic heterocycles. The quantitative estimate of drug-likeness (QED) is 0.274. The maximum Gasteiger partial charge on any atom is 0.237 e. The van der Waals surface area contributed by atoms with Crippen LogP contribution in [0.5, 0.6) is 0 Å². The third-order valence-corrected chi connectivity index (χ3v) is 6.62. The molecular formula is C28H30N8O2. The van der Waals surface area contributed by atoms with Gasteiger partial charge >= 0.3 is 0 Å². The molecule has 5 rings (SSSR count). The summed E-state index contributed by atoms with van der Waals surface area (Å²) in [4.78, 5) is 47.2. The Hall–Kier alpha value is -4.44. The molecule has 0 radical (unpaired) electrons. The zero-order chi connectivity index (χ0) is 26.5. The smallest absolute Gasteiger partial charge is 0.237 e. The zero-order valence-corrected chi connectivity index (χ0v) is 21.4. The first-order chi connectivity index (χ1) is 18.5. The van der Waals surface area contributed by atoms with Gasteiger partial charge < -0.3 is 15.5 Å². The van der Waals surface area contributed by atoms with Crippen molar-refractivity contribution in [3.05, 3.63) is 96.0 Å². The number of pyridine rings is 1. The second kappa shape index (κ2) is 11.3. The molecule has 1 fully saturated rings. The van der Waals surface area contributed by atoms with E-state index in [2.05, 4.69) is 25.6 Å². The van der Waals surface area contributed by atoms with E-state index in [1.807, 2.05) is 49.1 Å². The molecule has 4 aromatic rings. The number of carbonyl (C=O) groups excluding carboxylic acids is 2. The Morgan fingerprint density at radius 2 is 1.95 bits per heavy atom. The van der Waals surface area contributed by atoms with Gasteiger partial charge in [-0.25, -0.2) is 9.97 Å². The summed E-state index contributed by atoms with van der Waals surface area (Å²) < 4.78 is 1.74. The van der Waals surface area contributed by atoms with Crippen LogP contribution in [0.25, 0.3) is 5.95 Å². The Bertz CT molecular complexity index is 1390. The first kappa shape index (κ1) is 25.2. The molecule has 0 spiro atoms. The number of imidazole rings is 1. The number of rotatable bonds is 8. The number of piperazine rings is 1. The van der Waals surface area contributed by atoms with E-state index in [0.29, 0.717) is 43.5 Å². The van der Waals surface area contributed by atoms with Crippen molar-refractivity contribution in [2.45, 2.75) is 26.4 Å². The number of hydrogen-bond donors (Lipinski definition) is 2. The number of carbonyl (C=O) groups is 2. The average Bonchev–Trinajstić information content (AvgIpc) is 3.49. The number of nitrogens with zero attached hydrogens (tertiary/aromatic N) is 6. The van der Waals surface area contributed by atoms with Gasteiger partial charge in [0.1, 0.15) is 18.1 Å². The molecule has 1 aromatic carbocycles. The van der Waals surface area contributed by atoms with Gasteiger partial charge in [0, 0.05) is 68.3 Å². The summed E-state index contributed by atoms with van der Waals surface area (Å²) in [5.41, 5.74) is 3.27. The molecule has 38 heavy (non-hydrogen) atoms. The van der Waals surface area contributed by atoms with E-state index in [0.717, 1.165) is 16.8 Å². The van der Waals surface area contributed by atoms with Crippen LogP contribution >= 0.6 is 0 Å². The molecule has 2 atom stereocenters. The van der Waals surface area contributed by atoms with E-state index in [4.69, 9.17) is 4.98 Å². The lowest BCUT2D eigenvalue weighted by Crippen LogP contribution is -2.59. The van der Waals surface area contributed by atoms with Gasteiger partial charge in [0.2, 0.25) is 11.9 Å². The van der Waals surface area contributed by atoms with E-state index in [1.54, 1.807) is 41.6 Å². The lowest BCUT2D eigenvalue weighted by atomic mass is 9.88. The predicted octanol–water partition coefficient (Wildman–Crippen LogP) is 2.27. The van der Waals surface area contributed by atoms with Gasteiger partial charge in [0.15, 0.2) is 5.78 Å². The van der Waals surface area contributed by atoms with Gasteiger partial charge in [0.05, 0.1) is 6.04 Å². The number of Topliss-reactive ketones (excluding diaryl/α,β-unsaturated/α-hetero) is 1. The molecule has 4 heterocycles. The molecule has 2 N–H and O–H groups in total. The summed E-state index contributed by atoms with van der Waals surface area (Å²) in [5.74, 6) is -0.460. The van der Waals surface area contributed by atoms with E-state index in [-0.39, 0.29) is 11.7 Å². The predicted molar refractivity (Wildman–Crippen MR) is 143 cm³/mol. The highest BCUT2D eigenvalue weighted by Crippen LogP contribution is 2.25. The van der Waals surface area contributed by atoms with Crippen molar-refractivity contribution >= 4 is 17.5 Å². The fourth-order valence-electron chi connectivity index (χ4n) is 4.65. The van der Waals surface area contributed by atoms with Gasteiger partial charge in [-0.1, -0.05) is 29.8 Å². The van der Waals surface area contributed by atoms with Crippen LogP contribution in [0, 0.1) is 19.8 Å². The minimum atomic E-state index is -0.982. The minimum Gasteiger partial charge on any atom is -0.351 e. The van der Waals surface area contributed by atoms with Crippen LogP contribution in [-0.4, -0.2) is 61.9 Å². The summed E-state index contributed by atoms with van der Waals surface area (Å²) >= 11 is 0. The Kier molecular flexibility index (Phi) is 7.50. The molecule has 194 valence electrons. The normalized spacial score (nSPS) is 16.2. The highest BCUT2D eigenvalue weighted by molar-refractivity contribution is 6.10. The molecule has 1 aliphatic heterocycles. The first-order valence-corrected chi connectivity index (χ1v) is 12.6.